The van der Waals surface area contributed by atoms with Gasteiger partial charge in [0.15, 0.2) is 12.4 Å². The van der Waals surface area contributed by atoms with Gasteiger partial charge in [0.1, 0.15) is 11.6 Å². The molecule has 2 saturated carbocycles. The number of ketones is 1. The van der Waals surface area contributed by atoms with E-state index in [-0.39, 0.29) is 11.8 Å². The second kappa shape index (κ2) is 12.9. The summed E-state index contributed by atoms with van der Waals surface area (Å²) >= 11 is 0. The highest BCUT2D eigenvalue weighted by atomic mass is 16.6. The minimum absolute atomic E-state index is 0.0308. The molecular formula is C30H38N2O7. The number of fused-ring (bicyclic) bond motifs is 3. The number of rotatable bonds is 8. The van der Waals surface area contributed by atoms with Crippen molar-refractivity contribution in [2.45, 2.75) is 65.0 Å². The smallest absolute Gasteiger partial charge is 0.308 e. The molecule has 0 aromatic heterocycles. The van der Waals surface area contributed by atoms with Crippen LogP contribution < -0.4 is 11.1 Å². The molecule has 0 radical (unpaired) electrons. The van der Waals surface area contributed by atoms with E-state index in [0.717, 1.165) is 26.2 Å². The van der Waals surface area contributed by atoms with Gasteiger partial charge in [-0.2, -0.15) is 0 Å². The van der Waals surface area contributed by atoms with Crippen LogP contribution in [0.2, 0.25) is 0 Å². The first-order valence-electron chi connectivity index (χ1n) is 13.3. The highest BCUT2D eigenvalue weighted by Gasteiger charge is 2.53. The van der Waals surface area contributed by atoms with Crippen LogP contribution in [0.3, 0.4) is 0 Å². The number of benzene rings is 2. The van der Waals surface area contributed by atoms with Gasteiger partial charge in [-0.05, 0) is 62.6 Å². The zero-order valence-corrected chi connectivity index (χ0v) is 23.0. The predicted molar refractivity (Wildman–Crippen MR) is 145 cm³/mol. The van der Waals surface area contributed by atoms with Gasteiger partial charge in [0.05, 0.1) is 18.3 Å². The second-order valence-electron chi connectivity index (χ2n) is 11.2. The summed E-state index contributed by atoms with van der Waals surface area (Å²) in [4.78, 5) is 60.5. The lowest BCUT2D eigenvalue weighted by atomic mass is 9.78. The molecule has 2 aromatic carbocycles. The lowest BCUT2D eigenvalue weighted by molar-refractivity contribution is -0.157. The molecule has 5 atom stereocenters. The summed E-state index contributed by atoms with van der Waals surface area (Å²) in [6.07, 6.45) is 2.04. The molecule has 2 fully saturated rings. The van der Waals surface area contributed by atoms with Crippen molar-refractivity contribution >= 4 is 40.3 Å². The molecule has 9 heteroatoms. The standard InChI is InChI=1S/C20H30N2O7.C10H8/c1-10(23)28-9-14(24)13(8-15(25)29-20(2,3)4)22-19(27)17-12-6-5-11(7-12)16(17)18(21)26;1-2-6-10-8-4-3-7-9(10)5-1/h11-13,16-17H,5-9H2,1-4H3,(H2,21,26)(H,22,27);1-8H. The Morgan fingerprint density at radius 1 is 0.923 bits per heavy atom. The van der Waals surface area contributed by atoms with Crippen LogP contribution >= 0.6 is 0 Å². The monoisotopic (exact) mass is 538 g/mol. The normalized spacial score (nSPS) is 22.3. The third kappa shape index (κ3) is 8.37. The number of hydrogen-bond donors (Lipinski definition) is 2. The van der Waals surface area contributed by atoms with E-state index in [9.17, 15) is 24.0 Å². The van der Waals surface area contributed by atoms with Crippen molar-refractivity contribution in [2.24, 2.45) is 29.4 Å². The van der Waals surface area contributed by atoms with E-state index in [1.807, 2.05) is 0 Å². The second-order valence-corrected chi connectivity index (χ2v) is 11.2. The van der Waals surface area contributed by atoms with Gasteiger partial charge in [-0.1, -0.05) is 48.5 Å². The summed E-state index contributed by atoms with van der Waals surface area (Å²) in [5.74, 6) is -4.02. The number of Topliss-reactive ketones (excluding diaryl/α,β-unsaturated/α-hetero) is 1. The number of carbonyl (C=O) groups is 5. The van der Waals surface area contributed by atoms with Gasteiger partial charge in [-0.15, -0.1) is 0 Å². The summed E-state index contributed by atoms with van der Waals surface area (Å²) in [6, 6.07) is 15.5. The number of esters is 2. The third-order valence-corrected chi connectivity index (χ3v) is 7.12. The zero-order valence-electron chi connectivity index (χ0n) is 23.0. The first kappa shape index (κ1) is 29.8. The molecule has 5 unspecified atom stereocenters. The quantitative estimate of drug-likeness (QED) is 0.491. The number of amides is 2. The molecule has 3 N–H and O–H groups in total. The Labute approximate surface area is 228 Å². The number of nitrogens with one attached hydrogen (secondary N) is 1. The van der Waals surface area contributed by atoms with Crippen LogP contribution in [0.15, 0.2) is 48.5 Å². The molecule has 2 bridgehead atoms. The maximum atomic E-state index is 12.9. The fourth-order valence-corrected chi connectivity index (χ4v) is 5.55. The van der Waals surface area contributed by atoms with Gasteiger partial charge in [0.25, 0.3) is 0 Å². The van der Waals surface area contributed by atoms with Crippen LogP contribution in [-0.2, 0) is 33.4 Å². The fourth-order valence-electron chi connectivity index (χ4n) is 5.55. The predicted octanol–water partition coefficient (Wildman–Crippen LogP) is 3.32. The van der Waals surface area contributed by atoms with Crippen molar-refractivity contribution in [3.63, 3.8) is 0 Å². The maximum Gasteiger partial charge on any atom is 0.308 e. The highest BCUT2D eigenvalue weighted by molar-refractivity contribution is 5.95. The molecule has 2 aliphatic carbocycles. The van der Waals surface area contributed by atoms with E-state index in [2.05, 4.69) is 53.8 Å². The average molecular weight is 539 g/mol. The summed E-state index contributed by atoms with van der Waals surface area (Å²) in [5, 5.41) is 5.20. The van der Waals surface area contributed by atoms with Crippen molar-refractivity contribution in [1.29, 1.82) is 0 Å². The summed E-state index contributed by atoms with van der Waals surface area (Å²) in [5.41, 5.74) is 4.76. The Hall–Kier alpha value is -3.75. The van der Waals surface area contributed by atoms with Gasteiger partial charge in [-0.3, -0.25) is 24.0 Å². The van der Waals surface area contributed by atoms with Gasteiger partial charge in [0.2, 0.25) is 11.8 Å². The van der Waals surface area contributed by atoms with Crippen molar-refractivity contribution in [1.82, 2.24) is 5.32 Å². The van der Waals surface area contributed by atoms with E-state index >= 15 is 0 Å². The van der Waals surface area contributed by atoms with Gasteiger partial charge >= 0.3 is 11.9 Å². The van der Waals surface area contributed by atoms with Gasteiger partial charge in [-0.25, -0.2) is 0 Å². The lowest BCUT2D eigenvalue weighted by Gasteiger charge is -2.29. The topological polar surface area (TPSA) is 142 Å². The first-order chi connectivity index (χ1) is 18.4. The Balaban J connectivity index is 0.000000346. The van der Waals surface area contributed by atoms with Crippen LogP contribution in [-0.4, -0.2) is 47.8 Å². The molecule has 0 spiro atoms. The number of primary amides is 1. The molecule has 210 valence electrons. The Bertz CT molecular complexity index is 1150. The zero-order chi connectivity index (χ0) is 28.7. The van der Waals surface area contributed by atoms with Crippen molar-refractivity contribution in [2.75, 3.05) is 6.61 Å². The molecule has 2 aromatic rings. The van der Waals surface area contributed by atoms with E-state index in [1.54, 1.807) is 20.8 Å². The Morgan fingerprint density at radius 3 is 1.90 bits per heavy atom. The number of carbonyl (C=O) groups excluding carboxylic acids is 5. The highest BCUT2D eigenvalue weighted by Crippen LogP contribution is 2.52. The number of hydrogen-bond acceptors (Lipinski definition) is 7. The van der Waals surface area contributed by atoms with E-state index in [4.69, 9.17) is 15.2 Å². The largest absolute Gasteiger partial charge is 0.460 e. The molecule has 0 aliphatic heterocycles. The lowest BCUT2D eigenvalue weighted by Crippen LogP contribution is -2.50. The van der Waals surface area contributed by atoms with Crippen LogP contribution in [0, 0.1) is 23.7 Å². The maximum absolute atomic E-state index is 12.9. The third-order valence-electron chi connectivity index (χ3n) is 7.12. The van der Waals surface area contributed by atoms with Crippen LogP contribution in [0.5, 0.6) is 0 Å². The van der Waals surface area contributed by atoms with Crippen LogP contribution in [0.4, 0.5) is 0 Å². The molecule has 2 amide bonds. The molecule has 4 rings (SSSR count). The van der Waals surface area contributed by atoms with Crippen molar-refractivity contribution in [3.8, 4) is 0 Å². The first-order valence-corrected chi connectivity index (χ1v) is 13.3. The van der Waals surface area contributed by atoms with Gasteiger partial charge < -0.3 is 20.5 Å². The molecule has 0 saturated heterocycles. The Morgan fingerprint density at radius 2 is 1.44 bits per heavy atom. The SMILES string of the molecule is CC(=O)OCC(=O)C(CC(=O)OC(C)(C)C)NC(=O)C1C2CCC(C2)C1C(N)=O.c1ccc2ccccc2c1. The fraction of sp³-hybridized carbons (Fsp3) is 0.500. The van der Waals surface area contributed by atoms with Crippen molar-refractivity contribution in [3.05, 3.63) is 48.5 Å². The van der Waals surface area contributed by atoms with E-state index in [0.29, 0.717) is 0 Å². The summed E-state index contributed by atoms with van der Waals surface area (Å²) in [6.45, 7) is 5.64. The Kier molecular flexibility index (Phi) is 9.83. The molecule has 39 heavy (non-hydrogen) atoms. The molecular weight excluding hydrogens is 500 g/mol. The van der Waals surface area contributed by atoms with E-state index in [1.165, 1.54) is 10.8 Å². The van der Waals surface area contributed by atoms with Crippen LogP contribution in [0.25, 0.3) is 10.8 Å². The molecule has 2 aliphatic rings. The van der Waals surface area contributed by atoms with Crippen LogP contribution in [0.1, 0.15) is 53.4 Å². The molecule has 0 heterocycles. The van der Waals surface area contributed by atoms with Gasteiger partial charge in [0, 0.05) is 6.92 Å². The van der Waals surface area contributed by atoms with E-state index < -0.39 is 66.0 Å². The minimum atomic E-state index is -1.22. The summed E-state index contributed by atoms with van der Waals surface area (Å²) in [7, 11) is 0. The molecule has 9 nitrogen and oxygen atoms in total. The number of nitrogens with two attached hydrogens (primary N) is 1. The minimum Gasteiger partial charge on any atom is -0.460 e. The summed E-state index contributed by atoms with van der Waals surface area (Å²) < 4.78 is 9.95. The number of ether oxygens (including phenoxy) is 2. The average Bonchev–Trinajstić information content (AvgIpc) is 3.48. The van der Waals surface area contributed by atoms with Crippen molar-refractivity contribution < 1.29 is 33.4 Å².